The van der Waals surface area contributed by atoms with Crippen LogP contribution in [0.25, 0.3) is 11.1 Å². The minimum absolute atomic E-state index is 0.394. The van der Waals surface area contributed by atoms with Crippen LogP contribution in [0.1, 0.15) is 26.3 Å². The number of hydrogen-bond acceptors (Lipinski definition) is 4. The molecule has 5 nitrogen and oxygen atoms in total. The Kier molecular flexibility index (Phi) is 3.23. The van der Waals surface area contributed by atoms with Crippen LogP contribution >= 0.6 is 0 Å². The highest BCUT2D eigenvalue weighted by molar-refractivity contribution is 5.73. The second-order valence-corrected chi connectivity index (χ2v) is 5.01. The monoisotopic (exact) mass is 248 g/mol. The number of oxazole rings is 1. The van der Waals surface area contributed by atoms with Crippen molar-refractivity contribution in [2.45, 2.75) is 32.9 Å². The number of alkyl carbamates (subject to hydrolysis) is 1. The fourth-order valence-electron chi connectivity index (χ4n) is 1.50. The van der Waals surface area contributed by atoms with Gasteiger partial charge in [0.25, 0.3) is 0 Å². The van der Waals surface area contributed by atoms with Gasteiger partial charge in [0, 0.05) is 6.54 Å². The first-order valence-corrected chi connectivity index (χ1v) is 5.73. The number of nitrogens with zero attached hydrogens (tertiary/aromatic N) is 1. The SMILES string of the molecule is CC(C)(C)OC(=O)NCc1ccc2ncoc2c1. The Morgan fingerprint density at radius 2 is 2.22 bits per heavy atom. The minimum atomic E-state index is -0.487. The number of hydrogen-bond donors (Lipinski definition) is 1. The summed E-state index contributed by atoms with van der Waals surface area (Å²) in [7, 11) is 0. The van der Waals surface area contributed by atoms with E-state index in [9.17, 15) is 4.79 Å². The third-order valence-electron chi connectivity index (χ3n) is 2.23. The zero-order chi connectivity index (χ0) is 13.2. The second kappa shape index (κ2) is 4.68. The summed E-state index contributed by atoms with van der Waals surface area (Å²) in [6.45, 7) is 5.87. The molecular weight excluding hydrogens is 232 g/mol. The lowest BCUT2D eigenvalue weighted by Gasteiger charge is -2.19. The third kappa shape index (κ3) is 3.23. The lowest BCUT2D eigenvalue weighted by Crippen LogP contribution is -2.32. The summed E-state index contributed by atoms with van der Waals surface area (Å²) in [5.74, 6) is 0. The molecule has 0 aliphatic heterocycles. The molecule has 1 aromatic carbocycles. The summed E-state index contributed by atoms with van der Waals surface area (Å²) in [4.78, 5) is 15.5. The first kappa shape index (κ1) is 12.4. The van der Waals surface area contributed by atoms with Crippen LogP contribution in [0.2, 0.25) is 0 Å². The lowest BCUT2D eigenvalue weighted by atomic mass is 10.2. The molecule has 1 amide bonds. The highest BCUT2D eigenvalue weighted by atomic mass is 16.6. The van der Waals surface area contributed by atoms with E-state index in [1.165, 1.54) is 6.39 Å². The molecule has 2 aromatic rings. The van der Waals surface area contributed by atoms with Gasteiger partial charge < -0.3 is 14.5 Å². The molecule has 0 aliphatic carbocycles. The molecule has 0 saturated carbocycles. The maximum atomic E-state index is 11.5. The van der Waals surface area contributed by atoms with Gasteiger partial charge in [-0.25, -0.2) is 9.78 Å². The molecule has 0 aliphatic rings. The summed E-state index contributed by atoms with van der Waals surface area (Å²) < 4.78 is 10.3. The number of fused-ring (bicyclic) bond motifs is 1. The predicted octanol–water partition coefficient (Wildman–Crippen LogP) is 2.85. The molecule has 1 heterocycles. The molecular formula is C13H16N2O3. The maximum Gasteiger partial charge on any atom is 0.407 e. The largest absolute Gasteiger partial charge is 0.444 e. The Balaban J connectivity index is 1.95. The van der Waals surface area contributed by atoms with Gasteiger partial charge in [0.2, 0.25) is 0 Å². The molecule has 18 heavy (non-hydrogen) atoms. The number of amides is 1. The Labute approximate surface area is 105 Å². The van der Waals surface area contributed by atoms with Crippen LogP contribution in [-0.2, 0) is 11.3 Å². The zero-order valence-electron chi connectivity index (χ0n) is 10.7. The summed E-state index contributed by atoms with van der Waals surface area (Å²) in [6.07, 6.45) is 0.968. The van der Waals surface area contributed by atoms with Gasteiger partial charge in [-0.05, 0) is 38.5 Å². The highest BCUT2D eigenvalue weighted by Gasteiger charge is 2.15. The first-order chi connectivity index (χ1) is 8.44. The van der Waals surface area contributed by atoms with Crippen LogP contribution < -0.4 is 5.32 Å². The van der Waals surface area contributed by atoms with Gasteiger partial charge in [-0.1, -0.05) is 6.07 Å². The van der Waals surface area contributed by atoms with E-state index in [4.69, 9.17) is 9.15 Å². The fraction of sp³-hybridized carbons (Fsp3) is 0.385. The normalized spacial score (nSPS) is 11.5. The van der Waals surface area contributed by atoms with Gasteiger partial charge in [-0.15, -0.1) is 0 Å². The van der Waals surface area contributed by atoms with Crippen molar-refractivity contribution >= 4 is 17.2 Å². The van der Waals surface area contributed by atoms with Crippen molar-refractivity contribution in [2.75, 3.05) is 0 Å². The van der Waals surface area contributed by atoms with E-state index in [-0.39, 0.29) is 0 Å². The standard InChI is InChI=1S/C13H16N2O3/c1-13(2,3)18-12(16)14-7-9-4-5-10-11(6-9)17-8-15-10/h4-6,8H,7H2,1-3H3,(H,14,16). The fourth-order valence-corrected chi connectivity index (χ4v) is 1.50. The number of ether oxygens (including phenoxy) is 1. The van der Waals surface area contributed by atoms with Crippen LogP contribution in [0, 0.1) is 0 Å². The van der Waals surface area contributed by atoms with Crippen molar-refractivity contribution in [3.05, 3.63) is 30.2 Å². The predicted molar refractivity (Wildman–Crippen MR) is 67.1 cm³/mol. The van der Waals surface area contributed by atoms with Crippen LogP contribution in [0.3, 0.4) is 0 Å². The summed E-state index contributed by atoms with van der Waals surface area (Å²) in [6, 6.07) is 5.59. The number of rotatable bonds is 2. The van der Waals surface area contributed by atoms with E-state index >= 15 is 0 Å². The van der Waals surface area contributed by atoms with Crippen molar-refractivity contribution in [2.24, 2.45) is 0 Å². The Morgan fingerprint density at radius 3 is 2.94 bits per heavy atom. The van der Waals surface area contributed by atoms with E-state index in [1.807, 2.05) is 39.0 Å². The number of benzene rings is 1. The third-order valence-corrected chi connectivity index (χ3v) is 2.23. The van der Waals surface area contributed by atoms with Crippen LogP contribution in [0.5, 0.6) is 0 Å². The van der Waals surface area contributed by atoms with E-state index < -0.39 is 11.7 Å². The Bertz CT molecular complexity index is 555. The molecule has 5 heteroatoms. The molecule has 0 spiro atoms. The molecule has 1 aromatic heterocycles. The van der Waals surface area contributed by atoms with Crippen molar-refractivity contribution in [3.63, 3.8) is 0 Å². The Hall–Kier alpha value is -2.04. The molecule has 1 N–H and O–H groups in total. The first-order valence-electron chi connectivity index (χ1n) is 5.73. The Morgan fingerprint density at radius 1 is 1.44 bits per heavy atom. The van der Waals surface area contributed by atoms with Gasteiger partial charge in [-0.3, -0.25) is 0 Å². The molecule has 0 radical (unpaired) electrons. The quantitative estimate of drug-likeness (QED) is 0.887. The number of aromatic nitrogens is 1. The number of carbonyl (C=O) groups excluding carboxylic acids is 1. The van der Waals surface area contributed by atoms with Crippen molar-refractivity contribution < 1.29 is 13.9 Å². The number of nitrogens with one attached hydrogen (secondary N) is 1. The van der Waals surface area contributed by atoms with Crippen molar-refractivity contribution in [3.8, 4) is 0 Å². The number of carbonyl (C=O) groups is 1. The van der Waals surface area contributed by atoms with Gasteiger partial charge in [0.05, 0.1) is 0 Å². The maximum absolute atomic E-state index is 11.5. The highest BCUT2D eigenvalue weighted by Crippen LogP contribution is 2.14. The van der Waals surface area contributed by atoms with E-state index in [0.717, 1.165) is 11.1 Å². The summed E-state index contributed by atoms with van der Waals surface area (Å²) in [5, 5.41) is 2.69. The lowest BCUT2D eigenvalue weighted by molar-refractivity contribution is 0.0523. The van der Waals surface area contributed by atoms with Gasteiger partial charge in [-0.2, -0.15) is 0 Å². The molecule has 0 fully saturated rings. The molecule has 96 valence electrons. The topological polar surface area (TPSA) is 64.4 Å². The summed E-state index contributed by atoms with van der Waals surface area (Å²) in [5.41, 5.74) is 1.96. The smallest absolute Gasteiger partial charge is 0.407 e. The van der Waals surface area contributed by atoms with Crippen molar-refractivity contribution in [1.29, 1.82) is 0 Å². The van der Waals surface area contributed by atoms with E-state index in [2.05, 4.69) is 10.3 Å². The van der Waals surface area contributed by atoms with Gasteiger partial charge in [0.1, 0.15) is 11.1 Å². The van der Waals surface area contributed by atoms with Crippen LogP contribution in [0.15, 0.2) is 29.0 Å². The molecule has 2 rings (SSSR count). The van der Waals surface area contributed by atoms with Crippen LogP contribution in [0.4, 0.5) is 4.79 Å². The molecule has 0 atom stereocenters. The summed E-state index contributed by atoms with van der Waals surface area (Å²) >= 11 is 0. The van der Waals surface area contributed by atoms with Gasteiger partial charge >= 0.3 is 6.09 Å². The molecule has 0 bridgehead atoms. The average molecular weight is 248 g/mol. The average Bonchev–Trinajstić information content (AvgIpc) is 2.71. The second-order valence-electron chi connectivity index (χ2n) is 5.01. The van der Waals surface area contributed by atoms with Crippen LogP contribution in [-0.4, -0.2) is 16.7 Å². The van der Waals surface area contributed by atoms with Crippen molar-refractivity contribution in [1.82, 2.24) is 10.3 Å². The van der Waals surface area contributed by atoms with Gasteiger partial charge in [0.15, 0.2) is 12.0 Å². The molecule has 0 unspecified atom stereocenters. The minimum Gasteiger partial charge on any atom is -0.444 e. The van der Waals surface area contributed by atoms with E-state index in [0.29, 0.717) is 12.1 Å². The van der Waals surface area contributed by atoms with E-state index in [1.54, 1.807) is 0 Å². The zero-order valence-corrected chi connectivity index (χ0v) is 10.7. The molecule has 0 saturated heterocycles.